The molecule has 1 saturated heterocycles. The third-order valence-corrected chi connectivity index (χ3v) is 7.09. The van der Waals surface area contributed by atoms with E-state index in [2.05, 4.69) is 21.7 Å². The minimum atomic E-state index is -0.587. The van der Waals surface area contributed by atoms with Crippen LogP contribution >= 0.6 is 11.6 Å². The molecule has 0 radical (unpaired) electrons. The molecule has 5 nitrogen and oxygen atoms in total. The summed E-state index contributed by atoms with van der Waals surface area (Å²) in [5.41, 5.74) is 2.56. The summed E-state index contributed by atoms with van der Waals surface area (Å²) in [6.07, 6.45) is 3.64. The lowest BCUT2D eigenvalue weighted by molar-refractivity contribution is 0.0640. The third kappa shape index (κ3) is 5.89. The highest BCUT2D eigenvalue weighted by Crippen LogP contribution is 2.33. The van der Waals surface area contributed by atoms with Gasteiger partial charge in [0.05, 0.1) is 30.3 Å². The number of aliphatic hydroxyl groups excluding tert-OH is 2. The molecule has 0 bridgehead atoms. The van der Waals surface area contributed by atoms with Crippen LogP contribution in [0.3, 0.4) is 0 Å². The van der Waals surface area contributed by atoms with E-state index in [1.54, 1.807) is 13.3 Å². The molecule has 1 aliphatic heterocycles. The Bertz CT molecular complexity index is 1170. The van der Waals surface area contributed by atoms with E-state index >= 15 is 0 Å². The van der Waals surface area contributed by atoms with Gasteiger partial charge in [-0.25, -0.2) is 0 Å². The van der Waals surface area contributed by atoms with Crippen LogP contribution in [-0.4, -0.2) is 53.4 Å². The van der Waals surface area contributed by atoms with E-state index in [4.69, 9.17) is 16.3 Å². The molecule has 0 aliphatic carbocycles. The molecule has 6 heteroatoms. The van der Waals surface area contributed by atoms with Crippen LogP contribution in [-0.2, 0) is 0 Å². The first kappa shape index (κ1) is 24.5. The number of methoxy groups -OCH3 is 1. The Labute approximate surface area is 206 Å². The smallest absolute Gasteiger partial charge is 0.119 e. The van der Waals surface area contributed by atoms with Crippen molar-refractivity contribution in [1.82, 2.24) is 9.88 Å². The van der Waals surface area contributed by atoms with Crippen LogP contribution in [0.1, 0.15) is 36.5 Å². The van der Waals surface area contributed by atoms with Crippen molar-refractivity contribution in [3.8, 4) is 17.6 Å². The number of likely N-dealkylation sites (tertiary alicyclic amines) is 1. The third-order valence-electron chi connectivity index (χ3n) is 6.76. The van der Waals surface area contributed by atoms with Crippen LogP contribution in [0.4, 0.5) is 0 Å². The standard InChI is InChI=1S/C28H31ClN2O3/c1-34-23-9-10-27-25(17-23)24(12-14-30-27)28(33)11-8-20-13-16-31(18-22(20)19-32)15-4-6-21-5-2-3-7-26(21)29/h2-3,5,7,9-10,12,14,17,20,22,28,32-33H,8,11,13,15-16,18-19H2,1H3/t20-,22-,28+/m1/s1. The van der Waals surface area contributed by atoms with Crippen molar-refractivity contribution in [2.45, 2.75) is 25.4 Å². The normalized spacial score (nSPS) is 19.4. The fourth-order valence-corrected chi connectivity index (χ4v) is 4.97. The molecule has 1 aromatic heterocycles. The lowest BCUT2D eigenvalue weighted by Gasteiger charge is -2.37. The van der Waals surface area contributed by atoms with Gasteiger partial charge in [0.1, 0.15) is 5.75 Å². The van der Waals surface area contributed by atoms with Gasteiger partial charge in [-0.1, -0.05) is 35.6 Å². The van der Waals surface area contributed by atoms with Crippen LogP contribution in [0.2, 0.25) is 5.02 Å². The Morgan fingerprint density at radius 3 is 2.85 bits per heavy atom. The van der Waals surface area contributed by atoms with Crippen molar-refractivity contribution in [3.05, 3.63) is 70.9 Å². The molecular weight excluding hydrogens is 448 g/mol. The maximum absolute atomic E-state index is 11.0. The first-order chi connectivity index (χ1) is 16.6. The van der Waals surface area contributed by atoms with E-state index in [1.165, 1.54) is 0 Å². The number of pyridine rings is 1. The van der Waals surface area contributed by atoms with E-state index in [-0.39, 0.29) is 12.5 Å². The van der Waals surface area contributed by atoms with Gasteiger partial charge in [-0.05, 0) is 79.6 Å². The van der Waals surface area contributed by atoms with Crippen molar-refractivity contribution in [1.29, 1.82) is 0 Å². The highest BCUT2D eigenvalue weighted by molar-refractivity contribution is 6.31. The molecular formula is C28H31ClN2O3. The quantitative estimate of drug-likeness (QED) is 0.482. The number of fused-ring (bicyclic) bond motifs is 1. The van der Waals surface area contributed by atoms with Crippen molar-refractivity contribution in [2.75, 3.05) is 33.4 Å². The Balaban J connectivity index is 1.34. The van der Waals surface area contributed by atoms with Crippen LogP contribution in [0, 0.1) is 23.7 Å². The molecule has 0 unspecified atom stereocenters. The molecule has 2 aromatic carbocycles. The number of ether oxygens (including phenoxy) is 1. The summed E-state index contributed by atoms with van der Waals surface area (Å²) < 4.78 is 5.35. The van der Waals surface area contributed by atoms with E-state index in [0.717, 1.165) is 53.7 Å². The number of aliphatic hydroxyl groups is 2. The predicted molar refractivity (Wildman–Crippen MR) is 136 cm³/mol. The summed E-state index contributed by atoms with van der Waals surface area (Å²) in [6, 6.07) is 15.2. The van der Waals surface area contributed by atoms with Crippen LogP contribution < -0.4 is 4.74 Å². The first-order valence-electron chi connectivity index (χ1n) is 11.8. The molecule has 3 atom stereocenters. The number of piperidine rings is 1. The van der Waals surface area contributed by atoms with Crippen molar-refractivity contribution >= 4 is 22.5 Å². The van der Waals surface area contributed by atoms with Crippen LogP contribution in [0.15, 0.2) is 54.7 Å². The van der Waals surface area contributed by atoms with Gasteiger partial charge in [-0.3, -0.25) is 9.88 Å². The van der Waals surface area contributed by atoms with Crippen LogP contribution in [0.5, 0.6) is 5.75 Å². The number of nitrogens with zero attached hydrogens (tertiary/aromatic N) is 2. The summed E-state index contributed by atoms with van der Waals surface area (Å²) >= 11 is 6.18. The molecule has 2 heterocycles. The topological polar surface area (TPSA) is 65.8 Å². The maximum atomic E-state index is 11.0. The van der Waals surface area contributed by atoms with Gasteiger partial charge >= 0.3 is 0 Å². The number of rotatable bonds is 7. The fourth-order valence-electron chi connectivity index (χ4n) is 4.79. The zero-order valence-electron chi connectivity index (χ0n) is 19.5. The van der Waals surface area contributed by atoms with Crippen molar-refractivity contribution < 1.29 is 14.9 Å². The minimum absolute atomic E-state index is 0.143. The second-order valence-corrected chi connectivity index (χ2v) is 9.29. The second-order valence-electron chi connectivity index (χ2n) is 8.88. The van der Waals surface area contributed by atoms with Gasteiger partial charge in [0, 0.05) is 30.3 Å². The number of hydrogen-bond acceptors (Lipinski definition) is 5. The summed E-state index contributed by atoms with van der Waals surface area (Å²) in [7, 11) is 1.64. The van der Waals surface area contributed by atoms with Gasteiger partial charge in [0.2, 0.25) is 0 Å². The highest BCUT2D eigenvalue weighted by atomic mass is 35.5. The Morgan fingerprint density at radius 1 is 1.21 bits per heavy atom. The minimum Gasteiger partial charge on any atom is -0.497 e. The highest BCUT2D eigenvalue weighted by Gasteiger charge is 2.29. The van der Waals surface area contributed by atoms with E-state index in [0.29, 0.717) is 23.9 Å². The van der Waals surface area contributed by atoms with Gasteiger partial charge in [-0.2, -0.15) is 0 Å². The lowest BCUT2D eigenvalue weighted by Crippen LogP contribution is -2.42. The first-order valence-corrected chi connectivity index (χ1v) is 12.1. The lowest BCUT2D eigenvalue weighted by atomic mass is 9.81. The van der Waals surface area contributed by atoms with Gasteiger partial charge in [-0.15, -0.1) is 0 Å². The summed E-state index contributed by atoms with van der Waals surface area (Å²) in [5.74, 6) is 7.67. The average Bonchev–Trinajstić information content (AvgIpc) is 2.88. The van der Waals surface area contributed by atoms with Crippen molar-refractivity contribution in [3.63, 3.8) is 0 Å². The second kappa shape index (κ2) is 11.7. The molecule has 4 rings (SSSR count). The van der Waals surface area contributed by atoms with E-state index in [9.17, 15) is 10.2 Å². The SMILES string of the molecule is COc1ccc2nccc([C@@H](O)CC[C@@H]3CCN(CC#Cc4ccccc4Cl)C[C@@H]3CO)c2c1. The fraction of sp³-hybridized carbons (Fsp3) is 0.393. The Morgan fingerprint density at radius 2 is 2.06 bits per heavy atom. The molecule has 0 spiro atoms. The zero-order valence-corrected chi connectivity index (χ0v) is 20.2. The summed E-state index contributed by atoms with van der Waals surface area (Å²) in [5, 5.41) is 22.6. The van der Waals surface area contributed by atoms with Gasteiger partial charge in [0.15, 0.2) is 0 Å². The molecule has 1 fully saturated rings. The maximum Gasteiger partial charge on any atom is 0.119 e. The Hall–Kier alpha value is -2.62. The molecule has 2 N–H and O–H groups in total. The molecule has 3 aromatic rings. The van der Waals surface area contributed by atoms with E-state index < -0.39 is 6.10 Å². The molecule has 0 amide bonds. The number of aromatic nitrogens is 1. The van der Waals surface area contributed by atoms with E-state index in [1.807, 2.05) is 48.5 Å². The average molecular weight is 479 g/mol. The van der Waals surface area contributed by atoms with Crippen molar-refractivity contribution in [2.24, 2.45) is 11.8 Å². The summed E-state index contributed by atoms with van der Waals surface area (Å²) in [6.45, 7) is 2.54. The Kier molecular flexibility index (Phi) is 8.42. The zero-order chi connectivity index (χ0) is 23.9. The van der Waals surface area contributed by atoms with Gasteiger partial charge in [0.25, 0.3) is 0 Å². The largest absolute Gasteiger partial charge is 0.497 e. The number of halogens is 1. The van der Waals surface area contributed by atoms with Crippen LogP contribution in [0.25, 0.3) is 10.9 Å². The molecule has 1 aliphatic rings. The predicted octanol–water partition coefficient (Wildman–Crippen LogP) is 4.69. The number of hydrogen-bond donors (Lipinski definition) is 2. The molecule has 0 saturated carbocycles. The molecule has 178 valence electrons. The monoisotopic (exact) mass is 478 g/mol. The molecule has 34 heavy (non-hydrogen) atoms. The van der Waals surface area contributed by atoms with Gasteiger partial charge < -0.3 is 14.9 Å². The number of benzene rings is 2. The summed E-state index contributed by atoms with van der Waals surface area (Å²) in [4.78, 5) is 6.70.